The third kappa shape index (κ3) is 3.60. The summed E-state index contributed by atoms with van der Waals surface area (Å²) in [5.74, 6) is -0.475. The molecule has 0 unspecified atom stereocenters. The van der Waals surface area contributed by atoms with Crippen molar-refractivity contribution in [3.8, 4) is 0 Å². The van der Waals surface area contributed by atoms with Crippen LogP contribution < -0.4 is 10.2 Å². The summed E-state index contributed by atoms with van der Waals surface area (Å²) in [6, 6.07) is 14.9. The highest BCUT2D eigenvalue weighted by Crippen LogP contribution is 2.37. The zero-order valence-corrected chi connectivity index (χ0v) is 15.6. The lowest BCUT2D eigenvalue weighted by atomic mass is 10.1. The second-order valence-corrected chi connectivity index (χ2v) is 7.24. The lowest BCUT2D eigenvalue weighted by Crippen LogP contribution is -2.43. The van der Waals surface area contributed by atoms with E-state index in [1.807, 2.05) is 42.5 Å². The number of rotatable bonds is 4. The molecule has 1 aliphatic carbocycles. The van der Waals surface area contributed by atoms with Crippen molar-refractivity contribution in [1.82, 2.24) is 5.32 Å². The van der Waals surface area contributed by atoms with E-state index in [0.29, 0.717) is 17.3 Å². The number of amides is 2. The molecule has 0 saturated heterocycles. The fraction of sp³-hybridized carbons (Fsp3) is 0.286. The average Bonchev–Trinajstić information content (AvgIpc) is 3.10. The number of hydrogen-bond acceptors (Lipinski definition) is 3. The molecule has 1 N–H and O–H groups in total. The van der Waals surface area contributed by atoms with Gasteiger partial charge in [0.2, 0.25) is 11.8 Å². The van der Waals surface area contributed by atoms with Crippen molar-refractivity contribution < 1.29 is 9.59 Å². The van der Waals surface area contributed by atoms with Gasteiger partial charge in [-0.25, -0.2) is 0 Å². The van der Waals surface area contributed by atoms with Gasteiger partial charge in [0, 0.05) is 17.3 Å². The minimum Gasteiger partial charge on any atom is -0.350 e. The van der Waals surface area contributed by atoms with E-state index in [2.05, 4.69) is 5.32 Å². The molecule has 2 aliphatic rings. The molecule has 0 radical (unpaired) electrons. The van der Waals surface area contributed by atoms with Crippen LogP contribution in [0.1, 0.15) is 24.8 Å². The van der Waals surface area contributed by atoms with Gasteiger partial charge in [0.25, 0.3) is 0 Å². The van der Waals surface area contributed by atoms with Crippen LogP contribution in [0.15, 0.2) is 53.5 Å². The molecule has 1 aliphatic heterocycles. The molecule has 6 heteroatoms. The Hall–Kier alpha value is -2.66. The number of aliphatic imine (C=N–C) groups is 1. The van der Waals surface area contributed by atoms with Crippen molar-refractivity contribution in [2.75, 3.05) is 11.4 Å². The molecule has 1 atom stereocenters. The molecule has 0 aromatic heterocycles. The number of halogens is 1. The van der Waals surface area contributed by atoms with Crippen LogP contribution >= 0.6 is 11.6 Å². The standard InChI is InChI=1S/C21H20ClN3O2/c22-16-8-2-1-6-14(16)12-23-20(26)13-25-19-11-4-3-9-18(19)24-17-10-5-7-15(17)21(25)27/h1-4,6,8-9,11,15H,5,7,10,12-13H2,(H,23,26)/t15-/m1/s1. The van der Waals surface area contributed by atoms with Crippen LogP contribution in [0, 0.1) is 5.92 Å². The Kier molecular flexibility index (Phi) is 4.94. The van der Waals surface area contributed by atoms with Crippen molar-refractivity contribution in [2.45, 2.75) is 25.8 Å². The van der Waals surface area contributed by atoms with Gasteiger partial charge in [0.15, 0.2) is 0 Å². The Balaban J connectivity index is 1.53. The predicted molar refractivity (Wildman–Crippen MR) is 107 cm³/mol. The molecule has 2 aromatic carbocycles. The minimum absolute atomic E-state index is 0.0282. The zero-order valence-electron chi connectivity index (χ0n) is 14.8. The molecule has 2 aromatic rings. The molecule has 0 spiro atoms. The SMILES string of the molecule is O=C(CN1C(=O)[C@@H]2CCCC2=Nc2ccccc21)NCc1ccccc1Cl. The van der Waals surface area contributed by atoms with Gasteiger partial charge in [-0.2, -0.15) is 0 Å². The first-order chi connectivity index (χ1) is 13.1. The van der Waals surface area contributed by atoms with E-state index in [4.69, 9.17) is 16.6 Å². The van der Waals surface area contributed by atoms with Crippen molar-refractivity contribution >= 4 is 40.5 Å². The van der Waals surface area contributed by atoms with E-state index in [-0.39, 0.29) is 24.3 Å². The third-order valence-corrected chi connectivity index (χ3v) is 5.43. The largest absolute Gasteiger partial charge is 0.350 e. The highest BCUT2D eigenvalue weighted by molar-refractivity contribution is 6.31. The predicted octanol–water partition coefficient (Wildman–Crippen LogP) is 3.88. The number of fused-ring (bicyclic) bond motifs is 2. The van der Waals surface area contributed by atoms with E-state index in [1.165, 1.54) is 0 Å². The van der Waals surface area contributed by atoms with Crippen molar-refractivity contribution in [3.63, 3.8) is 0 Å². The molecule has 138 valence electrons. The lowest BCUT2D eigenvalue weighted by molar-refractivity contribution is -0.124. The number of hydrogen-bond donors (Lipinski definition) is 1. The summed E-state index contributed by atoms with van der Waals surface area (Å²) in [5, 5.41) is 3.47. The third-order valence-electron chi connectivity index (χ3n) is 5.06. The van der Waals surface area contributed by atoms with Gasteiger partial charge in [-0.1, -0.05) is 41.9 Å². The molecule has 1 saturated carbocycles. The van der Waals surface area contributed by atoms with Crippen LogP contribution in [0.4, 0.5) is 11.4 Å². The number of benzene rings is 2. The van der Waals surface area contributed by atoms with Crippen LogP contribution in [0.25, 0.3) is 0 Å². The summed E-state index contributed by atoms with van der Waals surface area (Å²) in [4.78, 5) is 32.0. The molecular weight excluding hydrogens is 362 g/mol. The van der Waals surface area contributed by atoms with E-state index in [9.17, 15) is 9.59 Å². The van der Waals surface area contributed by atoms with Crippen molar-refractivity contribution in [2.24, 2.45) is 10.9 Å². The summed E-state index contributed by atoms with van der Waals surface area (Å²) in [7, 11) is 0. The monoisotopic (exact) mass is 381 g/mol. The van der Waals surface area contributed by atoms with Gasteiger partial charge in [0.1, 0.15) is 6.54 Å². The summed E-state index contributed by atoms with van der Waals surface area (Å²) in [6.07, 6.45) is 2.60. The Bertz CT molecular complexity index is 925. The molecule has 1 fully saturated rings. The van der Waals surface area contributed by atoms with Gasteiger partial charge in [-0.05, 0) is 43.0 Å². The van der Waals surface area contributed by atoms with Crippen LogP contribution in [-0.4, -0.2) is 24.1 Å². The first kappa shape index (κ1) is 17.7. The van der Waals surface area contributed by atoms with Crippen molar-refractivity contribution in [1.29, 1.82) is 0 Å². The molecule has 1 heterocycles. The van der Waals surface area contributed by atoms with Crippen molar-refractivity contribution in [3.05, 3.63) is 59.1 Å². The maximum absolute atomic E-state index is 13.1. The van der Waals surface area contributed by atoms with E-state index in [0.717, 1.165) is 36.2 Å². The van der Waals surface area contributed by atoms with Crippen LogP contribution in [0.2, 0.25) is 5.02 Å². The van der Waals surface area contributed by atoms with E-state index >= 15 is 0 Å². The van der Waals surface area contributed by atoms with E-state index in [1.54, 1.807) is 11.0 Å². The lowest BCUT2D eigenvalue weighted by Gasteiger charge is -2.24. The summed E-state index contributed by atoms with van der Waals surface area (Å²) in [6.45, 7) is 0.299. The van der Waals surface area contributed by atoms with Gasteiger partial charge in [-0.15, -0.1) is 0 Å². The van der Waals surface area contributed by atoms with Crippen LogP contribution in [-0.2, 0) is 16.1 Å². The molecule has 27 heavy (non-hydrogen) atoms. The Labute approximate surface area is 163 Å². The fourth-order valence-electron chi connectivity index (χ4n) is 3.67. The molecule has 0 bridgehead atoms. The normalized spacial score (nSPS) is 18.4. The number of para-hydroxylation sites is 2. The first-order valence-electron chi connectivity index (χ1n) is 9.11. The maximum Gasteiger partial charge on any atom is 0.240 e. The molecule has 2 amide bonds. The quantitative estimate of drug-likeness (QED) is 0.873. The number of nitrogens with one attached hydrogen (secondary N) is 1. The Morgan fingerprint density at radius 3 is 2.81 bits per heavy atom. The van der Waals surface area contributed by atoms with Crippen LogP contribution in [0.3, 0.4) is 0 Å². The van der Waals surface area contributed by atoms with Gasteiger partial charge >= 0.3 is 0 Å². The zero-order chi connectivity index (χ0) is 18.8. The fourth-order valence-corrected chi connectivity index (χ4v) is 3.88. The van der Waals surface area contributed by atoms with Crippen LogP contribution in [0.5, 0.6) is 0 Å². The Morgan fingerprint density at radius 2 is 1.96 bits per heavy atom. The number of nitrogens with zero attached hydrogens (tertiary/aromatic N) is 2. The van der Waals surface area contributed by atoms with Gasteiger partial charge in [-0.3, -0.25) is 14.6 Å². The number of carbonyl (C=O) groups is 2. The topological polar surface area (TPSA) is 61.8 Å². The molecule has 4 rings (SSSR count). The van der Waals surface area contributed by atoms with Gasteiger partial charge in [0.05, 0.1) is 17.3 Å². The minimum atomic E-state index is -0.223. The molecule has 5 nitrogen and oxygen atoms in total. The molecular formula is C21H20ClN3O2. The van der Waals surface area contributed by atoms with Gasteiger partial charge < -0.3 is 10.2 Å². The number of carbonyl (C=O) groups excluding carboxylic acids is 2. The second-order valence-electron chi connectivity index (χ2n) is 6.83. The average molecular weight is 382 g/mol. The highest BCUT2D eigenvalue weighted by atomic mass is 35.5. The summed E-state index contributed by atoms with van der Waals surface area (Å²) >= 11 is 6.14. The summed E-state index contributed by atoms with van der Waals surface area (Å²) in [5.41, 5.74) is 3.23. The summed E-state index contributed by atoms with van der Waals surface area (Å²) < 4.78 is 0. The van der Waals surface area contributed by atoms with E-state index < -0.39 is 0 Å². The maximum atomic E-state index is 13.1. The number of anilines is 1. The highest BCUT2D eigenvalue weighted by Gasteiger charge is 2.36. The smallest absolute Gasteiger partial charge is 0.240 e. The second kappa shape index (κ2) is 7.53. The first-order valence-corrected chi connectivity index (χ1v) is 9.49. The Morgan fingerprint density at radius 1 is 1.19 bits per heavy atom.